The zero-order chi connectivity index (χ0) is 16.3. The molecular weight excluding hydrogens is 347 g/mol. The minimum atomic E-state index is -2.97. The summed E-state index contributed by atoms with van der Waals surface area (Å²) < 4.78 is 23.1. The monoisotopic (exact) mass is 364 g/mol. The third kappa shape index (κ3) is 4.59. The van der Waals surface area contributed by atoms with Gasteiger partial charge in [0.05, 0.1) is 28.8 Å². The number of amides is 1. The van der Waals surface area contributed by atoms with Crippen LogP contribution in [-0.2, 0) is 14.6 Å². The molecule has 0 aliphatic carbocycles. The van der Waals surface area contributed by atoms with Crippen LogP contribution < -0.4 is 5.32 Å². The topological polar surface area (TPSA) is 66.5 Å². The summed E-state index contributed by atoms with van der Waals surface area (Å²) in [6.45, 7) is 2.64. The van der Waals surface area contributed by atoms with Crippen molar-refractivity contribution in [3.05, 3.63) is 28.2 Å². The maximum absolute atomic E-state index is 12.2. The van der Waals surface area contributed by atoms with Gasteiger partial charge in [-0.25, -0.2) is 8.42 Å². The number of carbonyl (C=O) groups is 1. The summed E-state index contributed by atoms with van der Waals surface area (Å²) in [6.07, 6.45) is 0.571. The van der Waals surface area contributed by atoms with E-state index >= 15 is 0 Å². The van der Waals surface area contributed by atoms with E-state index in [0.717, 1.165) is 0 Å². The van der Waals surface area contributed by atoms with Gasteiger partial charge in [0.1, 0.15) is 0 Å². The van der Waals surface area contributed by atoms with Crippen LogP contribution in [-0.4, -0.2) is 49.9 Å². The van der Waals surface area contributed by atoms with Crippen molar-refractivity contribution in [3.63, 3.8) is 0 Å². The van der Waals surface area contributed by atoms with Crippen molar-refractivity contribution in [1.82, 2.24) is 4.90 Å². The van der Waals surface area contributed by atoms with Crippen molar-refractivity contribution in [2.45, 2.75) is 19.4 Å². The molecule has 22 heavy (non-hydrogen) atoms. The normalized spacial score (nSPS) is 20.3. The van der Waals surface area contributed by atoms with Gasteiger partial charge in [-0.2, -0.15) is 0 Å². The molecule has 1 fully saturated rings. The minimum Gasteiger partial charge on any atom is -0.324 e. The number of sulfone groups is 1. The summed E-state index contributed by atoms with van der Waals surface area (Å²) in [5.74, 6) is 0.0670. The zero-order valence-electron chi connectivity index (χ0n) is 12.2. The highest BCUT2D eigenvalue weighted by Gasteiger charge is 2.32. The highest BCUT2D eigenvalue weighted by Crippen LogP contribution is 2.25. The fraction of sp³-hybridized carbons (Fsp3) is 0.500. The fourth-order valence-corrected chi connectivity index (χ4v) is 4.63. The molecule has 122 valence electrons. The Kier molecular flexibility index (Phi) is 5.71. The Morgan fingerprint density at radius 3 is 2.73 bits per heavy atom. The predicted molar refractivity (Wildman–Crippen MR) is 89.4 cm³/mol. The molecule has 1 aliphatic rings. The second-order valence-corrected chi connectivity index (χ2v) is 8.36. The van der Waals surface area contributed by atoms with Crippen LogP contribution in [0.5, 0.6) is 0 Å². The van der Waals surface area contributed by atoms with Gasteiger partial charge in [-0.15, -0.1) is 0 Å². The molecule has 8 heteroatoms. The molecule has 0 bridgehead atoms. The van der Waals surface area contributed by atoms with Gasteiger partial charge in [-0.1, -0.05) is 30.1 Å². The smallest absolute Gasteiger partial charge is 0.238 e. The highest BCUT2D eigenvalue weighted by atomic mass is 35.5. The van der Waals surface area contributed by atoms with E-state index in [-0.39, 0.29) is 30.0 Å². The number of nitrogens with zero attached hydrogens (tertiary/aromatic N) is 1. The number of likely N-dealkylation sites (N-methyl/N-ethyl adjacent to an activating group) is 1. The quantitative estimate of drug-likeness (QED) is 0.871. The average Bonchev–Trinajstić information content (AvgIpc) is 2.80. The number of carbonyl (C=O) groups excluding carboxylic acids is 1. The van der Waals surface area contributed by atoms with Crippen molar-refractivity contribution in [2.75, 3.05) is 29.9 Å². The van der Waals surface area contributed by atoms with Gasteiger partial charge in [0.15, 0.2) is 9.84 Å². The fourth-order valence-electron chi connectivity index (χ4n) is 2.53. The van der Waals surface area contributed by atoms with Gasteiger partial charge in [-0.3, -0.25) is 9.69 Å². The second-order valence-electron chi connectivity index (χ2n) is 5.29. The molecule has 1 aliphatic heterocycles. The Balaban J connectivity index is 1.99. The number of hydrogen-bond donors (Lipinski definition) is 1. The third-order valence-electron chi connectivity index (χ3n) is 3.68. The Labute approximate surface area is 140 Å². The molecule has 0 saturated carbocycles. The summed E-state index contributed by atoms with van der Waals surface area (Å²) in [6, 6.07) is 4.73. The lowest BCUT2D eigenvalue weighted by Crippen LogP contribution is -2.41. The Hall–Kier alpha value is -0.820. The van der Waals surface area contributed by atoms with Gasteiger partial charge in [0, 0.05) is 11.1 Å². The number of anilines is 1. The predicted octanol–water partition coefficient (Wildman–Crippen LogP) is 2.44. The molecule has 1 unspecified atom stereocenters. The van der Waals surface area contributed by atoms with Gasteiger partial charge in [-0.05, 0) is 31.2 Å². The van der Waals surface area contributed by atoms with Crippen molar-refractivity contribution >= 4 is 44.6 Å². The molecule has 1 atom stereocenters. The summed E-state index contributed by atoms with van der Waals surface area (Å²) in [5.41, 5.74) is 0.453. The lowest BCUT2D eigenvalue weighted by molar-refractivity contribution is -0.117. The molecular formula is C14H18Cl2N2O3S. The number of rotatable bonds is 5. The first-order chi connectivity index (χ1) is 10.3. The van der Waals surface area contributed by atoms with E-state index in [1.165, 1.54) is 0 Å². The van der Waals surface area contributed by atoms with Gasteiger partial charge >= 0.3 is 0 Å². The van der Waals surface area contributed by atoms with E-state index in [1.54, 1.807) is 18.2 Å². The van der Waals surface area contributed by atoms with E-state index in [1.807, 2.05) is 11.8 Å². The summed E-state index contributed by atoms with van der Waals surface area (Å²) in [4.78, 5) is 14.0. The first-order valence-electron chi connectivity index (χ1n) is 7.00. The van der Waals surface area contributed by atoms with Crippen molar-refractivity contribution in [1.29, 1.82) is 0 Å². The first kappa shape index (κ1) is 17.5. The van der Waals surface area contributed by atoms with Crippen LogP contribution in [0, 0.1) is 0 Å². The van der Waals surface area contributed by atoms with Crippen LogP contribution in [0.1, 0.15) is 13.3 Å². The Morgan fingerprint density at radius 2 is 2.14 bits per heavy atom. The average molecular weight is 365 g/mol. The van der Waals surface area contributed by atoms with Crippen molar-refractivity contribution in [2.24, 2.45) is 0 Å². The van der Waals surface area contributed by atoms with Gasteiger partial charge in [0.2, 0.25) is 5.91 Å². The summed E-state index contributed by atoms with van der Waals surface area (Å²) >= 11 is 11.9. The third-order valence-corrected chi connectivity index (χ3v) is 6.00. The van der Waals surface area contributed by atoms with Crippen LogP contribution in [0.2, 0.25) is 10.0 Å². The van der Waals surface area contributed by atoms with Crippen molar-refractivity contribution in [3.8, 4) is 0 Å². The lowest BCUT2D eigenvalue weighted by Gasteiger charge is -2.25. The van der Waals surface area contributed by atoms with E-state index in [9.17, 15) is 13.2 Å². The van der Waals surface area contributed by atoms with E-state index in [4.69, 9.17) is 23.2 Å². The van der Waals surface area contributed by atoms with Crippen LogP contribution in [0.3, 0.4) is 0 Å². The molecule has 5 nitrogen and oxygen atoms in total. The SMILES string of the molecule is CCN(CC(=O)Nc1cc(Cl)ccc1Cl)C1CCS(=O)(=O)C1. The highest BCUT2D eigenvalue weighted by molar-refractivity contribution is 7.91. The van der Waals surface area contributed by atoms with Gasteiger partial charge < -0.3 is 5.32 Å². The van der Waals surface area contributed by atoms with E-state index < -0.39 is 9.84 Å². The van der Waals surface area contributed by atoms with E-state index in [0.29, 0.717) is 28.7 Å². The molecule has 1 amide bonds. The second kappa shape index (κ2) is 7.17. The van der Waals surface area contributed by atoms with Gasteiger partial charge in [0.25, 0.3) is 0 Å². The molecule has 1 aromatic carbocycles. The Bertz CT molecular complexity index is 664. The molecule has 1 N–H and O–H groups in total. The molecule has 0 aromatic heterocycles. The number of halogens is 2. The molecule has 0 spiro atoms. The molecule has 1 saturated heterocycles. The standard InChI is InChI=1S/C14H18Cl2N2O3S/c1-2-18(11-5-6-22(20,21)9-11)8-14(19)17-13-7-10(15)3-4-12(13)16/h3-4,7,11H,2,5-6,8-9H2,1H3,(H,17,19). The molecule has 2 rings (SSSR count). The van der Waals surface area contributed by atoms with E-state index in [2.05, 4.69) is 5.32 Å². The van der Waals surface area contributed by atoms with Crippen LogP contribution >= 0.6 is 23.2 Å². The van der Waals surface area contributed by atoms with Crippen LogP contribution in [0.15, 0.2) is 18.2 Å². The number of hydrogen-bond acceptors (Lipinski definition) is 4. The zero-order valence-corrected chi connectivity index (χ0v) is 14.5. The molecule has 1 aromatic rings. The number of benzene rings is 1. The summed E-state index contributed by atoms with van der Waals surface area (Å²) in [5, 5.41) is 3.60. The van der Waals surface area contributed by atoms with Crippen molar-refractivity contribution < 1.29 is 13.2 Å². The Morgan fingerprint density at radius 1 is 1.41 bits per heavy atom. The first-order valence-corrected chi connectivity index (χ1v) is 9.58. The maximum atomic E-state index is 12.2. The minimum absolute atomic E-state index is 0.101. The largest absolute Gasteiger partial charge is 0.324 e. The van der Waals surface area contributed by atoms with Crippen LogP contribution in [0.4, 0.5) is 5.69 Å². The molecule has 1 heterocycles. The number of nitrogens with one attached hydrogen (secondary N) is 1. The molecule has 0 radical (unpaired) electrons. The maximum Gasteiger partial charge on any atom is 0.238 e. The lowest BCUT2D eigenvalue weighted by atomic mass is 10.2. The summed E-state index contributed by atoms with van der Waals surface area (Å²) in [7, 11) is -2.97. The van der Waals surface area contributed by atoms with Crippen LogP contribution in [0.25, 0.3) is 0 Å².